The van der Waals surface area contributed by atoms with Gasteiger partial charge in [0.2, 0.25) is 0 Å². The summed E-state index contributed by atoms with van der Waals surface area (Å²) >= 11 is 0. The Morgan fingerprint density at radius 1 is 0.900 bits per heavy atom. The van der Waals surface area contributed by atoms with Crippen molar-refractivity contribution in [1.82, 2.24) is 0 Å². The quantitative estimate of drug-likeness (QED) is 0.510. The average molecular weight is 127 g/mol. The van der Waals surface area contributed by atoms with E-state index < -0.39 is 0 Å². The van der Waals surface area contributed by atoms with Gasteiger partial charge in [-0.2, -0.15) is 0 Å². The minimum Gasteiger partial charge on any atom is -0.0616 e. The molecule has 0 unspecified atom stereocenters. The van der Waals surface area contributed by atoms with E-state index >= 15 is 0 Å². The lowest BCUT2D eigenvalue weighted by Gasteiger charge is -1.92. The minimum absolute atomic E-state index is 1.25. The molecule has 0 nitrogen and oxygen atoms in total. The first-order valence-electron chi connectivity index (χ1n) is 3.32. The molecule has 0 aliphatic heterocycles. The van der Waals surface area contributed by atoms with Crippen LogP contribution in [0.1, 0.15) is 0 Å². The molecule has 10 heavy (non-hydrogen) atoms. The van der Waals surface area contributed by atoms with Crippen LogP contribution in [0, 0.1) is 6.07 Å². The number of hydrogen-bond donors (Lipinski definition) is 0. The maximum absolute atomic E-state index is 3.04. The fourth-order valence-electron chi connectivity index (χ4n) is 1.07. The van der Waals surface area contributed by atoms with Gasteiger partial charge >= 0.3 is 0 Å². The largest absolute Gasteiger partial charge is 0.0616 e. The van der Waals surface area contributed by atoms with E-state index in [1.54, 1.807) is 0 Å². The van der Waals surface area contributed by atoms with Gasteiger partial charge in [0.05, 0.1) is 0 Å². The number of hydrogen-bond acceptors (Lipinski definition) is 0. The van der Waals surface area contributed by atoms with Crippen LogP contribution < -0.4 is 0 Å². The first kappa shape index (κ1) is 5.48. The van der Waals surface area contributed by atoms with E-state index in [-0.39, 0.29) is 0 Å². The van der Waals surface area contributed by atoms with Gasteiger partial charge in [0, 0.05) is 0 Å². The van der Waals surface area contributed by atoms with Crippen LogP contribution in [0.3, 0.4) is 0 Å². The zero-order chi connectivity index (χ0) is 6.81. The van der Waals surface area contributed by atoms with Gasteiger partial charge in [-0.25, -0.2) is 0 Å². The monoisotopic (exact) mass is 127 g/mol. The van der Waals surface area contributed by atoms with Gasteiger partial charge in [0.25, 0.3) is 0 Å². The molecule has 0 saturated heterocycles. The molecule has 0 fully saturated rings. The van der Waals surface area contributed by atoms with Crippen molar-refractivity contribution in [3.05, 3.63) is 48.5 Å². The molecular weight excluding hydrogens is 120 g/mol. The van der Waals surface area contributed by atoms with Crippen LogP contribution in [0.25, 0.3) is 10.8 Å². The van der Waals surface area contributed by atoms with Crippen molar-refractivity contribution in [3.63, 3.8) is 0 Å². The molecule has 47 valence electrons. The molecule has 0 aromatic heterocycles. The average Bonchev–Trinajstić information content (AvgIpc) is 2.05. The van der Waals surface area contributed by atoms with E-state index in [9.17, 15) is 0 Å². The Labute approximate surface area is 60.1 Å². The lowest BCUT2D eigenvalue weighted by Crippen LogP contribution is -1.67. The Morgan fingerprint density at radius 2 is 1.70 bits per heavy atom. The maximum Gasteiger partial charge on any atom is -0.0177 e. The van der Waals surface area contributed by atoms with Crippen LogP contribution in [0.5, 0.6) is 0 Å². The first-order chi connectivity index (χ1) is 4.97. The molecule has 0 heteroatoms. The summed E-state index contributed by atoms with van der Waals surface area (Å²) in [5.74, 6) is 0. The van der Waals surface area contributed by atoms with Crippen molar-refractivity contribution in [1.29, 1.82) is 0 Å². The normalized spacial score (nSPS) is 10.0. The second-order valence-corrected chi connectivity index (χ2v) is 2.27. The second-order valence-electron chi connectivity index (χ2n) is 2.27. The predicted molar refractivity (Wildman–Crippen MR) is 42.8 cm³/mol. The Bertz CT molecular complexity index is 271. The summed E-state index contributed by atoms with van der Waals surface area (Å²) in [6, 6.07) is 17.3. The Kier molecular flexibility index (Phi) is 1.17. The molecule has 0 saturated carbocycles. The number of fused-ring (bicyclic) bond motifs is 1. The SMILES string of the molecule is [c]1ccc2ccccc2c1. The van der Waals surface area contributed by atoms with E-state index in [0.29, 0.717) is 0 Å². The Balaban J connectivity index is 2.89. The van der Waals surface area contributed by atoms with Gasteiger partial charge in [-0.1, -0.05) is 36.4 Å². The maximum atomic E-state index is 3.04. The predicted octanol–water partition coefficient (Wildman–Crippen LogP) is 2.64. The minimum atomic E-state index is 1.25. The highest BCUT2D eigenvalue weighted by molar-refractivity contribution is 5.81. The molecule has 0 N–H and O–H groups in total. The fraction of sp³-hybridized carbons (Fsp3) is 0. The molecule has 0 spiro atoms. The van der Waals surface area contributed by atoms with E-state index in [0.717, 1.165) is 0 Å². The van der Waals surface area contributed by atoms with Gasteiger partial charge in [0.15, 0.2) is 0 Å². The molecule has 2 rings (SSSR count). The zero-order valence-corrected chi connectivity index (χ0v) is 5.54. The molecule has 0 amide bonds. The summed E-state index contributed by atoms with van der Waals surface area (Å²) in [5, 5.41) is 2.53. The van der Waals surface area contributed by atoms with Gasteiger partial charge in [0.1, 0.15) is 0 Å². The standard InChI is InChI=1S/C10H7/c1-2-6-10-8-4-3-7-9(10)5-1/h1-3,5-8H. The molecule has 0 aliphatic carbocycles. The molecule has 2 aromatic rings. The summed E-state index contributed by atoms with van der Waals surface area (Å²) in [5.41, 5.74) is 0. The van der Waals surface area contributed by atoms with Crippen LogP contribution in [0.2, 0.25) is 0 Å². The summed E-state index contributed by atoms with van der Waals surface area (Å²) in [4.78, 5) is 0. The number of rotatable bonds is 0. The van der Waals surface area contributed by atoms with Crippen LogP contribution in [-0.2, 0) is 0 Å². The van der Waals surface area contributed by atoms with Crippen molar-refractivity contribution in [2.75, 3.05) is 0 Å². The van der Waals surface area contributed by atoms with Crippen molar-refractivity contribution in [3.8, 4) is 0 Å². The molecule has 1 radical (unpaired) electrons. The molecule has 0 atom stereocenters. The van der Waals surface area contributed by atoms with Gasteiger partial charge in [-0.15, -0.1) is 0 Å². The van der Waals surface area contributed by atoms with Crippen molar-refractivity contribution in [2.24, 2.45) is 0 Å². The van der Waals surface area contributed by atoms with E-state index in [2.05, 4.69) is 24.3 Å². The molecule has 2 aromatic carbocycles. The van der Waals surface area contributed by atoms with Gasteiger partial charge < -0.3 is 0 Å². The Morgan fingerprint density at radius 3 is 2.50 bits per heavy atom. The van der Waals surface area contributed by atoms with Crippen molar-refractivity contribution >= 4 is 10.8 Å². The smallest absolute Gasteiger partial charge is 0.0177 e. The third kappa shape index (κ3) is 0.781. The molecule has 0 aliphatic rings. The highest BCUT2D eigenvalue weighted by Gasteiger charge is 1.85. The van der Waals surface area contributed by atoms with E-state index in [4.69, 9.17) is 0 Å². The number of benzene rings is 2. The Hall–Kier alpha value is -1.30. The van der Waals surface area contributed by atoms with Gasteiger partial charge in [-0.05, 0) is 22.9 Å². The highest BCUT2D eigenvalue weighted by Crippen LogP contribution is 2.10. The van der Waals surface area contributed by atoms with Crippen molar-refractivity contribution in [2.45, 2.75) is 0 Å². The lowest BCUT2D eigenvalue weighted by molar-refractivity contribution is 1.74. The van der Waals surface area contributed by atoms with Gasteiger partial charge in [-0.3, -0.25) is 0 Å². The summed E-state index contributed by atoms with van der Waals surface area (Å²) < 4.78 is 0. The lowest BCUT2D eigenvalue weighted by atomic mass is 10.1. The first-order valence-corrected chi connectivity index (χ1v) is 3.32. The second kappa shape index (κ2) is 2.14. The van der Waals surface area contributed by atoms with Crippen LogP contribution in [-0.4, -0.2) is 0 Å². The van der Waals surface area contributed by atoms with E-state index in [1.807, 2.05) is 24.3 Å². The van der Waals surface area contributed by atoms with E-state index in [1.165, 1.54) is 10.8 Å². The molecule has 0 heterocycles. The van der Waals surface area contributed by atoms with Crippen molar-refractivity contribution < 1.29 is 0 Å². The summed E-state index contributed by atoms with van der Waals surface area (Å²) in [7, 11) is 0. The zero-order valence-electron chi connectivity index (χ0n) is 5.54. The van der Waals surface area contributed by atoms with Crippen LogP contribution >= 0.6 is 0 Å². The highest BCUT2D eigenvalue weighted by atomic mass is 13.9. The summed E-state index contributed by atoms with van der Waals surface area (Å²) in [6.07, 6.45) is 0. The third-order valence-electron chi connectivity index (χ3n) is 1.59. The fourth-order valence-corrected chi connectivity index (χ4v) is 1.07. The molecular formula is C10H7. The topological polar surface area (TPSA) is 0 Å². The van der Waals surface area contributed by atoms with Crippen LogP contribution in [0.4, 0.5) is 0 Å². The van der Waals surface area contributed by atoms with Crippen LogP contribution in [0.15, 0.2) is 42.5 Å². The summed E-state index contributed by atoms with van der Waals surface area (Å²) in [6.45, 7) is 0. The molecule has 0 bridgehead atoms. The third-order valence-corrected chi connectivity index (χ3v) is 1.59.